The fraction of sp³-hybridized carbons (Fsp3) is 0.615. The van der Waals surface area contributed by atoms with Crippen molar-refractivity contribution in [1.82, 2.24) is 19.9 Å². The average Bonchev–Trinajstić information content (AvgIpc) is 3.04. The Morgan fingerprint density at radius 1 is 1.37 bits per heavy atom. The molecule has 2 aliphatic carbocycles. The minimum atomic E-state index is -0.254. The number of aryl methyl sites for hydroxylation is 1. The molecule has 100 valence electrons. The number of aliphatic hydroxyl groups excluding tert-OH is 1. The second kappa shape index (κ2) is 4.16. The van der Waals surface area contributed by atoms with Crippen molar-refractivity contribution < 1.29 is 9.63 Å². The maximum atomic E-state index is 9.76. The molecule has 19 heavy (non-hydrogen) atoms. The minimum Gasteiger partial charge on any atom is -0.393 e. The number of hydrogen-bond acceptors (Lipinski definition) is 5. The van der Waals surface area contributed by atoms with Gasteiger partial charge in [0.2, 0.25) is 5.89 Å². The highest BCUT2D eigenvalue weighted by Gasteiger charge is 2.30. The van der Waals surface area contributed by atoms with E-state index in [1.807, 2.05) is 10.9 Å². The van der Waals surface area contributed by atoms with Crippen LogP contribution in [0.4, 0.5) is 0 Å². The number of fused-ring (bicyclic) bond motifs is 1. The van der Waals surface area contributed by atoms with Crippen LogP contribution in [0.3, 0.4) is 0 Å². The smallest absolute Gasteiger partial charge is 0.229 e. The molecule has 1 saturated carbocycles. The molecule has 6 nitrogen and oxygen atoms in total. The van der Waals surface area contributed by atoms with E-state index in [1.54, 1.807) is 0 Å². The van der Waals surface area contributed by atoms with Crippen molar-refractivity contribution >= 4 is 0 Å². The SMILES string of the molecule is OC1CCc2cnn(Cc3noc(C4CC4)n3)c2C1. The monoisotopic (exact) mass is 260 g/mol. The van der Waals surface area contributed by atoms with Crippen LogP contribution in [-0.4, -0.2) is 31.1 Å². The normalized spacial score (nSPS) is 22.5. The van der Waals surface area contributed by atoms with E-state index in [0.29, 0.717) is 24.7 Å². The fourth-order valence-corrected chi connectivity index (χ4v) is 2.64. The molecule has 0 saturated heterocycles. The van der Waals surface area contributed by atoms with Gasteiger partial charge in [0.05, 0.1) is 12.3 Å². The Morgan fingerprint density at radius 2 is 2.26 bits per heavy atom. The van der Waals surface area contributed by atoms with Gasteiger partial charge < -0.3 is 9.63 Å². The molecule has 0 spiro atoms. The summed E-state index contributed by atoms with van der Waals surface area (Å²) in [6.45, 7) is 0.526. The Morgan fingerprint density at radius 3 is 3.11 bits per heavy atom. The molecule has 1 fully saturated rings. The first-order valence-electron chi connectivity index (χ1n) is 6.83. The van der Waals surface area contributed by atoms with Gasteiger partial charge in [0.1, 0.15) is 6.54 Å². The van der Waals surface area contributed by atoms with E-state index in [4.69, 9.17) is 4.52 Å². The van der Waals surface area contributed by atoms with Gasteiger partial charge in [-0.15, -0.1) is 0 Å². The van der Waals surface area contributed by atoms with E-state index in [9.17, 15) is 5.11 Å². The fourth-order valence-electron chi connectivity index (χ4n) is 2.64. The van der Waals surface area contributed by atoms with Gasteiger partial charge in [-0.1, -0.05) is 5.16 Å². The predicted molar refractivity (Wildman–Crippen MR) is 65.6 cm³/mol. The third-order valence-electron chi connectivity index (χ3n) is 3.91. The highest BCUT2D eigenvalue weighted by molar-refractivity contribution is 5.22. The van der Waals surface area contributed by atoms with E-state index < -0.39 is 0 Å². The number of aromatic nitrogens is 4. The molecule has 2 aromatic rings. The van der Waals surface area contributed by atoms with E-state index in [2.05, 4.69) is 15.2 Å². The van der Waals surface area contributed by atoms with Crippen LogP contribution < -0.4 is 0 Å². The molecular weight excluding hydrogens is 244 g/mol. The molecule has 6 heteroatoms. The molecular formula is C13H16N4O2. The number of nitrogens with zero attached hydrogens (tertiary/aromatic N) is 4. The Labute approximate surface area is 110 Å². The van der Waals surface area contributed by atoms with Crippen molar-refractivity contribution in [3.8, 4) is 0 Å². The molecule has 0 radical (unpaired) electrons. The summed E-state index contributed by atoms with van der Waals surface area (Å²) in [7, 11) is 0. The Bertz CT molecular complexity index is 600. The highest BCUT2D eigenvalue weighted by Crippen LogP contribution is 2.38. The quantitative estimate of drug-likeness (QED) is 0.892. The van der Waals surface area contributed by atoms with Crippen molar-refractivity contribution in [3.05, 3.63) is 29.2 Å². The first-order valence-corrected chi connectivity index (χ1v) is 6.83. The van der Waals surface area contributed by atoms with Crippen molar-refractivity contribution in [2.75, 3.05) is 0 Å². The van der Waals surface area contributed by atoms with Gasteiger partial charge in [-0.25, -0.2) is 0 Å². The lowest BCUT2D eigenvalue weighted by molar-refractivity contribution is 0.155. The lowest BCUT2D eigenvalue weighted by atomic mass is 9.96. The molecule has 0 aromatic carbocycles. The summed E-state index contributed by atoms with van der Waals surface area (Å²) in [6.07, 6.45) is 6.35. The summed E-state index contributed by atoms with van der Waals surface area (Å²) in [4.78, 5) is 4.41. The van der Waals surface area contributed by atoms with Crippen LogP contribution in [0.5, 0.6) is 0 Å². The maximum absolute atomic E-state index is 9.76. The second-order valence-corrected chi connectivity index (χ2v) is 5.49. The summed E-state index contributed by atoms with van der Waals surface area (Å²) < 4.78 is 7.14. The maximum Gasteiger partial charge on any atom is 0.229 e. The van der Waals surface area contributed by atoms with Crippen LogP contribution in [-0.2, 0) is 19.4 Å². The molecule has 4 rings (SSSR count). The third kappa shape index (κ3) is 2.06. The second-order valence-electron chi connectivity index (χ2n) is 5.49. The molecule has 1 atom stereocenters. The van der Waals surface area contributed by atoms with Crippen LogP contribution in [0, 0.1) is 0 Å². The summed E-state index contributed by atoms with van der Waals surface area (Å²) in [5, 5.41) is 18.2. The molecule has 0 aliphatic heterocycles. The van der Waals surface area contributed by atoms with E-state index in [0.717, 1.165) is 37.3 Å². The highest BCUT2D eigenvalue weighted by atomic mass is 16.5. The van der Waals surface area contributed by atoms with Crippen LogP contribution in [0.2, 0.25) is 0 Å². The van der Waals surface area contributed by atoms with Gasteiger partial charge >= 0.3 is 0 Å². The number of rotatable bonds is 3. The Kier molecular flexibility index (Phi) is 2.44. The predicted octanol–water partition coefficient (Wildman–Crippen LogP) is 1.04. The van der Waals surface area contributed by atoms with Gasteiger partial charge in [-0.3, -0.25) is 4.68 Å². The first-order chi connectivity index (χ1) is 9.29. The lowest BCUT2D eigenvalue weighted by Crippen LogP contribution is -2.21. The van der Waals surface area contributed by atoms with Crippen molar-refractivity contribution in [2.45, 2.75) is 50.7 Å². The minimum absolute atomic E-state index is 0.254. The van der Waals surface area contributed by atoms with Gasteiger partial charge in [0.25, 0.3) is 0 Å². The van der Waals surface area contributed by atoms with Crippen molar-refractivity contribution in [2.24, 2.45) is 0 Å². The van der Waals surface area contributed by atoms with E-state index >= 15 is 0 Å². The molecule has 1 unspecified atom stereocenters. The molecule has 0 bridgehead atoms. The molecule has 2 aliphatic rings. The van der Waals surface area contributed by atoms with E-state index in [1.165, 1.54) is 5.56 Å². The van der Waals surface area contributed by atoms with Crippen LogP contribution >= 0.6 is 0 Å². The Hall–Kier alpha value is -1.69. The largest absolute Gasteiger partial charge is 0.393 e. The van der Waals surface area contributed by atoms with Gasteiger partial charge in [-0.05, 0) is 31.2 Å². The van der Waals surface area contributed by atoms with Gasteiger partial charge in [-0.2, -0.15) is 10.1 Å². The van der Waals surface area contributed by atoms with Gasteiger partial charge in [0.15, 0.2) is 5.82 Å². The van der Waals surface area contributed by atoms with E-state index in [-0.39, 0.29) is 6.10 Å². The van der Waals surface area contributed by atoms with Crippen LogP contribution in [0.25, 0.3) is 0 Å². The molecule has 1 N–H and O–H groups in total. The molecule has 0 amide bonds. The summed E-state index contributed by atoms with van der Waals surface area (Å²) in [5.41, 5.74) is 2.34. The number of hydrogen-bond donors (Lipinski definition) is 1. The number of aliphatic hydroxyl groups is 1. The van der Waals surface area contributed by atoms with Crippen molar-refractivity contribution in [3.63, 3.8) is 0 Å². The van der Waals surface area contributed by atoms with Gasteiger partial charge in [0, 0.05) is 18.0 Å². The summed E-state index contributed by atoms with van der Waals surface area (Å²) in [6, 6.07) is 0. The molecule has 2 aromatic heterocycles. The van der Waals surface area contributed by atoms with Crippen molar-refractivity contribution in [1.29, 1.82) is 0 Å². The summed E-state index contributed by atoms with van der Waals surface area (Å²) >= 11 is 0. The lowest BCUT2D eigenvalue weighted by Gasteiger charge is -2.18. The standard InChI is InChI=1S/C13H16N4O2/c18-10-4-3-9-6-14-17(11(9)5-10)7-12-15-13(19-16-12)8-1-2-8/h6,8,10,18H,1-5,7H2. The van der Waals surface area contributed by atoms with Crippen LogP contribution in [0.1, 0.15) is 48.2 Å². The Balaban J connectivity index is 1.57. The summed E-state index contributed by atoms with van der Waals surface area (Å²) in [5.74, 6) is 1.92. The topological polar surface area (TPSA) is 77.0 Å². The average molecular weight is 260 g/mol. The molecule has 2 heterocycles. The van der Waals surface area contributed by atoms with Crippen LogP contribution in [0.15, 0.2) is 10.7 Å². The zero-order valence-electron chi connectivity index (χ0n) is 10.6. The first kappa shape index (κ1) is 11.2. The third-order valence-corrected chi connectivity index (χ3v) is 3.91. The zero-order chi connectivity index (χ0) is 12.8. The zero-order valence-corrected chi connectivity index (χ0v) is 10.6.